The summed E-state index contributed by atoms with van der Waals surface area (Å²) in [6.07, 6.45) is 1.50. The number of nitrogens with two attached hydrogens (primary N) is 1. The molecule has 0 aromatic heterocycles. The summed E-state index contributed by atoms with van der Waals surface area (Å²) >= 11 is 0. The number of esters is 1. The molecular weight excluding hydrogens is 280 g/mol. The van der Waals surface area contributed by atoms with E-state index in [-0.39, 0.29) is 24.3 Å². The second-order valence-electron chi connectivity index (χ2n) is 4.76. The van der Waals surface area contributed by atoms with Gasteiger partial charge in [-0.2, -0.15) is 0 Å². The van der Waals surface area contributed by atoms with Gasteiger partial charge in [0.15, 0.2) is 0 Å². The van der Waals surface area contributed by atoms with E-state index < -0.39 is 5.54 Å². The molecule has 6 heteroatoms. The Kier molecular flexibility index (Phi) is 5.53. The van der Waals surface area contributed by atoms with E-state index in [1.54, 1.807) is 31.2 Å². The van der Waals surface area contributed by atoms with Crippen molar-refractivity contribution in [2.45, 2.75) is 31.8 Å². The van der Waals surface area contributed by atoms with E-state index in [2.05, 4.69) is 5.32 Å². The van der Waals surface area contributed by atoms with Crippen molar-refractivity contribution in [2.24, 2.45) is 5.73 Å². The molecule has 1 aliphatic carbocycles. The Morgan fingerprint density at radius 2 is 1.90 bits per heavy atom. The highest BCUT2D eigenvalue weighted by Crippen LogP contribution is 2.32. The first-order valence-corrected chi connectivity index (χ1v) is 6.38. The van der Waals surface area contributed by atoms with E-state index in [0.29, 0.717) is 18.7 Å². The number of carbonyl (C=O) groups is 2. The number of ether oxygens (including phenoxy) is 1. The summed E-state index contributed by atoms with van der Waals surface area (Å²) in [5.41, 5.74) is 6.56. The number of nitrogens with one attached hydrogen (secondary N) is 1. The summed E-state index contributed by atoms with van der Waals surface area (Å²) in [5, 5.41) is 2.80. The van der Waals surface area contributed by atoms with E-state index in [4.69, 9.17) is 10.5 Å². The van der Waals surface area contributed by atoms with Crippen molar-refractivity contribution in [3.63, 3.8) is 0 Å². The largest absolute Gasteiger partial charge is 0.462 e. The number of hydrogen-bond acceptors (Lipinski definition) is 4. The molecule has 1 amide bonds. The summed E-state index contributed by atoms with van der Waals surface area (Å²) in [6, 6.07) is 6.97. The van der Waals surface area contributed by atoms with Crippen LogP contribution in [0.5, 0.6) is 0 Å². The molecule has 2 rings (SSSR count). The molecule has 0 bridgehead atoms. The number of hydrogen-bond donors (Lipinski definition) is 2. The number of halogens is 1. The Balaban J connectivity index is 0.00000200. The molecule has 1 aromatic carbocycles. The molecule has 0 unspecified atom stereocenters. The van der Waals surface area contributed by atoms with E-state index >= 15 is 0 Å². The summed E-state index contributed by atoms with van der Waals surface area (Å²) < 4.78 is 4.89. The maximum atomic E-state index is 11.7. The van der Waals surface area contributed by atoms with Crippen LogP contribution in [0.4, 0.5) is 0 Å². The van der Waals surface area contributed by atoms with Crippen LogP contribution in [-0.4, -0.2) is 24.0 Å². The van der Waals surface area contributed by atoms with Crippen molar-refractivity contribution in [1.82, 2.24) is 5.32 Å². The van der Waals surface area contributed by atoms with Gasteiger partial charge in [-0.05, 0) is 37.5 Å². The number of amides is 1. The Bertz CT molecular complexity index is 484. The Labute approximate surface area is 124 Å². The molecular formula is C14H19ClN2O3. The normalized spacial score (nSPS) is 14.9. The van der Waals surface area contributed by atoms with Crippen LogP contribution in [0, 0.1) is 0 Å². The molecule has 0 aliphatic heterocycles. The Morgan fingerprint density at radius 1 is 1.30 bits per heavy atom. The van der Waals surface area contributed by atoms with Crippen molar-refractivity contribution in [3.05, 3.63) is 35.4 Å². The van der Waals surface area contributed by atoms with Crippen LogP contribution in [0.2, 0.25) is 0 Å². The molecule has 110 valence electrons. The van der Waals surface area contributed by atoms with Gasteiger partial charge in [0.25, 0.3) is 0 Å². The monoisotopic (exact) mass is 298 g/mol. The predicted molar refractivity (Wildman–Crippen MR) is 77.6 cm³/mol. The minimum atomic E-state index is -0.648. The average molecular weight is 299 g/mol. The summed E-state index contributed by atoms with van der Waals surface area (Å²) in [4.78, 5) is 23.1. The molecule has 0 radical (unpaired) electrons. The minimum Gasteiger partial charge on any atom is -0.462 e. The van der Waals surface area contributed by atoms with Gasteiger partial charge in [0.05, 0.1) is 17.7 Å². The Morgan fingerprint density at radius 3 is 2.40 bits per heavy atom. The average Bonchev–Trinajstić information content (AvgIpc) is 3.16. The highest BCUT2D eigenvalue weighted by atomic mass is 35.5. The molecule has 0 spiro atoms. The fourth-order valence-corrected chi connectivity index (χ4v) is 1.69. The maximum absolute atomic E-state index is 11.7. The first-order valence-electron chi connectivity index (χ1n) is 6.38. The van der Waals surface area contributed by atoms with Crippen LogP contribution in [0.3, 0.4) is 0 Å². The fraction of sp³-hybridized carbons (Fsp3) is 0.429. The standard InChI is InChI=1S/C14H18N2O3.ClH/c1-2-19-12(17)11-5-3-10(4-6-11)9-16-13(18)14(15)7-8-14;/h3-6H,2,7-9,15H2,1H3,(H,16,18);1H. The van der Waals surface area contributed by atoms with Crippen LogP contribution in [0.15, 0.2) is 24.3 Å². The lowest BCUT2D eigenvalue weighted by molar-refractivity contribution is -0.123. The lowest BCUT2D eigenvalue weighted by Crippen LogP contribution is -2.42. The van der Waals surface area contributed by atoms with Gasteiger partial charge in [0, 0.05) is 6.54 Å². The van der Waals surface area contributed by atoms with Crippen LogP contribution in [0.25, 0.3) is 0 Å². The van der Waals surface area contributed by atoms with Crippen LogP contribution >= 0.6 is 12.4 Å². The Hall–Kier alpha value is -1.59. The van der Waals surface area contributed by atoms with Crippen LogP contribution < -0.4 is 11.1 Å². The SMILES string of the molecule is CCOC(=O)c1ccc(CNC(=O)C2(N)CC2)cc1.Cl. The van der Waals surface area contributed by atoms with E-state index in [0.717, 1.165) is 18.4 Å². The lowest BCUT2D eigenvalue weighted by atomic mass is 10.1. The molecule has 1 aliphatic rings. The quantitative estimate of drug-likeness (QED) is 0.805. The zero-order valence-electron chi connectivity index (χ0n) is 11.3. The first kappa shape index (κ1) is 16.5. The van der Waals surface area contributed by atoms with Gasteiger partial charge < -0.3 is 15.8 Å². The van der Waals surface area contributed by atoms with Gasteiger partial charge in [-0.3, -0.25) is 4.79 Å². The second kappa shape index (κ2) is 6.72. The van der Waals surface area contributed by atoms with E-state index in [1.807, 2.05) is 0 Å². The van der Waals surface area contributed by atoms with Crippen molar-refractivity contribution in [2.75, 3.05) is 6.61 Å². The summed E-state index contributed by atoms with van der Waals surface area (Å²) in [5.74, 6) is -0.445. The smallest absolute Gasteiger partial charge is 0.338 e. The maximum Gasteiger partial charge on any atom is 0.338 e. The second-order valence-corrected chi connectivity index (χ2v) is 4.76. The van der Waals surface area contributed by atoms with Gasteiger partial charge in [-0.25, -0.2) is 4.79 Å². The first-order chi connectivity index (χ1) is 9.05. The highest BCUT2D eigenvalue weighted by Gasteiger charge is 2.45. The summed E-state index contributed by atoms with van der Waals surface area (Å²) in [6.45, 7) is 2.54. The number of benzene rings is 1. The van der Waals surface area contributed by atoms with Crippen molar-refractivity contribution in [1.29, 1.82) is 0 Å². The van der Waals surface area contributed by atoms with Gasteiger partial charge in [-0.15, -0.1) is 12.4 Å². The zero-order chi connectivity index (χ0) is 13.9. The molecule has 20 heavy (non-hydrogen) atoms. The third-order valence-corrected chi connectivity index (χ3v) is 3.16. The van der Waals surface area contributed by atoms with Crippen molar-refractivity contribution in [3.8, 4) is 0 Å². The topological polar surface area (TPSA) is 81.4 Å². The van der Waals surface area contributed by atoms with Gasteiger partial charge in [0.2, 0.25) is 5.91 Å². The van der Waals surface area contributed by atoms with Gasteiger partial charge >= 0.3 is 5.97 Å². The molecule has 0 atom stereocenters. The molecule has 5 nitrogen and oxygen atoms in total. The minimum absolute atomic E-state index is 0. The number of carbonyl (C=O) groups excluding carboxylic acids is 2. The molecule has 1 saturated carbocycles. The lowest BCUT2D eigenvalue weighted by Gasteiger charge is -2.10. The molecule has 0 saturated heterocycles. The van der Waals surface area contributed by atoms with Crippen LogP contribution in [-0.2, 0) is 16.1 Å². The van der Waals surface area contributed by atoms with Gasteiger partial charge in [0.1, 0.15) is 0 Å². The third-order valence-electron chi connectivity index (χ3n) is 3.16. The molecule has 0 heterocycles. The highest BCUT2D eigenvalue weighted by molar-refractivity contribution is 5.90. The third kappa shape index (κ3) is 3.95. The number of rotatable bonds is 5. The van der Waals surface area contributed by atoms with Crippen LogP contribution in [0.1, 0.15) is 35.7 Å². The predicted octanol–water partition coefficient (Wildman–Crippen LogP) is 1.39. The molecule has 1 fully saturated rings. The van der Waals surface area contributed by atoms with Gasteiger partial charge in [-0.1, -0.05) is 12.1 Å². The fourth-order valence-electron chi connectivity index (χ4n) is 1.69. The molecule has 3 N–H and O–H groups in total. The molecule has 1 aromatic rings. The van der Waals surface area contributed by atoms with Crippen molar-refractivity contribution < 1.29 is 14.3 Å². The summed E-state index contributed by atoms with van der Waals surface area (Å²) in [7, 11) is 0. The van der Waals surface area contributed by atoms with E-state index in [1.165, 1.54) is 0 Å². The zero-order valence-corrected chi connectivity index (χ0v) is 12.2. The van der Waals surface area contributed by atoms with E-state index in [9.17, 15) is 9.59 Å². The van der Waals surface area contributed by atoms with Crippen molar-refractivity contribution >= 4 is 24.3 Å².